The second kappa shape index (κ2) is 10.1. The van der Waals surface area contributed by atoms with Crippen LogP contribution in [0.25, 0.3) is 0 Å². The van der Waals surface area contributed by atoms with Gasteiger partial charge in [0.15, 0.2) is 5.96 Å². The van der Waals surface area contributed by atoms with Gasteiger partial charge >= 0.3 is 0 Å². The molecule has 0 saturated heterocycles. The lowest BCUT2D eigenvalue weighted by atomic mass is 10.2. The number of guanidine groups is 1. The molecule has 0 radical (unpaired) electrons. The third kappa shape index (κ3) is 6.47. The summed E-state index contributed by atoms with van der Waals surface area (Å²) in [5.41, 5.74) is 2.14. The molecule has 0 spiro atoms. The van der Waals surface area contributed by atoms with Gasteiger partial charge in [-0.05, 0) is 23.3 Å². The molecule has 1 amide bonds. The summed E-state index contributed by atoms with van der Waals surface area (Å²) in [4.78, 5) is 18.5. The van der Waals surface area contributed by atoms with Crippen LogP contribution in [-0.4, -0.2) is 44.5 Å². The number of nitrogens with one attached hydrogen (secondary N) is 2. The molecular formula is C20H26N4O2. The molecule has 0 bridgehead atoms. The largest absolute Gasteiger partial charge is 0.497 e. The van der Waals surface area contributed by atoms with Gasteiger partial charge in [-0.1, -0.05) is 42.5 Å². The standard InChI is InChI=1S/C20H26N4O2/c1-24(2)20(22-14-16-7-5-4-6-8-16)23-15-19(25)21-13-17-9-11-18(26-3)12-10-17/h4-12H,13-15H2,1-3H3,(H,21,25)(H,22,23). The Morgan fingerprint density at radius 3 is 2.31 bits per heavy atom. The van der Waals surface area contributed by atoms with Crippen molar-refractivity contribution in [2.24, 2.45) is 4.99 Å². The molecule has 6 heteroatoms. The fourth-order valence-electron chi connectivity index (χ4n) is 2.27. The third-order valence-corrected chi connectivity index (χ3v) is 3.73. The summed E-state index contributed by atoms with van der Waals surface area (Å²) in [6.07, 6.45) is 0. The van der Waals surface area contributed by atoms with Crippen molar-refractivity contribution in [1.82, 2.24) is 15.5 Å². The molecule has 138 valence electrons. The Kier molecular flexibility index (Phi) is 7.49. The van der Waals surface area contributed by atoms with Gasteiger partial charge in [-0.3, -0.25) is 4.79 Å². The molecule has 0 aliphatic carbocycles. The molecule has 0 aliphatic rings. The van der Waals surface area contributed by atoms with Crippen molar-refractivity contribution in [3.63, 3.8) is 0 Å². The zero-order chi connectivity index (χ0) is 18.8. The van der Waals surface area contributed by atoms with E-state index in [1.165, 1.54) is 0 Å². The second-order valence-electron chi connectivity index (χ2n) is 6.00. The lowest BCUT2D eigenvalue weighted by molar-refractivity contribution is -0.120. The SMILES string of the molecule is COc1ccc(CNC(=O)CNC(=NCc2ccccc2)N(C)C)cc1. The molecule has 0 aromatic heterocycles. The highest BCUT2D eigenvalue weighted by Gasteiger charge is 2.06. The Labute approximate surface area is 154 Å². The van der Waals surface area contributed by atoms with Crippen LogP contribution in [0.2, 0.25) is 0 Å². The van der Waals surface area contributed by atoms with Crippen LogP contribution in [0.15, 0.2) is 59.6 Å². The minimum Gasteiger partial charge on any atom is -0.497 e. The maximum absolute atomic E-state index is 12.1. The van der Waals surface area contributed by atoms with E-state index in [4.69, 9.17) is 4.74 Å². The molecule has 2 aromatic carbocycles. The molecule has 0 saturated carbocycles. The summed E-state index contributed by atoms with van der Waals surface area (Å²) in [6.45, 7) is 1.21. The predicted molar refractivity (Wildman–Crippen MR) is 104 cm³/mol. The van der Waals surface area contributed by atoms with E-state index >= 15 is 0 Å². The van der Waals surface area contributed by atoms with Crippen LogP contribution in [0.5, 0.6) is 5.75 Å². The third-order valence-electron chi connectivity index (χ3n) is 3.73. The lowest BCUT2D eigenvalue weighted by Gasteiger charge is -2.17. The number of carbonyl (C=O) groups is 1. The van der Waals surface area contributed by atoms with Crippen LogP contribution in [-0.2, 0) is 17.9 Å². The highest BCUT2D eigenvalue weighted by atomic mass is 16.5. The van der Waals surface area contributed by atoms with Gasteiger partial charge in [0.05, 0.1) is 20.2 Å². The summed E-state index contributed by atoms with van der Waals surface area (Å²) in [5.74, 6) is 1.38. The van der Waals surface area contributed by atoms with Crippen LogP contribution in [0.3, 0.4) is 0 Å². The fourth-order valence-corrected chi connectivity index (χ4v) is 2.27. The molecule has 0 aliphatic heterocycles. The van der Waals surface area contributed by atoms with Crippen molar-refractivity contribution in [3.05, 3.63) is 65.7 Å². The molecule has 2 rings (SSSR count). The highest BCUT2D eigenvalue weighted by molar-refractivity contribution is 5.86. The number of benzene rings is 2. The monoisotopic (exact) mass is 354 g/mol. The van der Waals surface area contributed by atoms with Gasteiger partial charge in [0.1, 0.15) is 5.75 Å². The zero-order valence-electron chi connectivity index (χ0n) is 15.5. The summed E-state index contributed by atoms with van der Waals surface area (Å²) >= 11 is 0. The summed E-state index contributed by atoms with van der Waals surface area (Å²) in [5, 5.41) is 5.98. The minimum absolute atomic E-state index is 0.0879. The van der Waals surface area contributed by atoms with E-state index in [-0.39, 0.29) is 12.5 Å². The number of aliphatic imine (C=N–C) groups is 1. The molecule has 2 N–H and O–H groups in total. The van der Waals surface area contributed by atoms with Gasteiger partial charge < -0.3 is 20.3 Å². The van der Waals surface area contributed by atoms with Gasteiger partial charge in [0.25, 0.3) is 0 Å². The minimum atomic E-state index is -0.0879. The number of carbonyl (C=O) groups excluding carboxylic acids is 1. The van der Waals surface area contributed by atoms with Gasteiger partial charge in [0.2, 0.25) is 5.91 Å². The van der Waals surface area contributed by atoms with Crippen LogP contribution in [0.4, 0.5) is 0 Å². The quantitative estimate of drug-likeness (QED) is 0.590. The van der Waals surface area contributed by atoms with Gasteiger partial charge in [-0.15, -0.1) is 0 Å². The van der Waals surface area contributed by atoms with Crippen LogP contribution >= 0.6 is 0 Å². The zero-order valence-corrected chi connectivity index (χ0v) is 15.5. The Bertz CT molecular complexity index is 712. The van der Waals surface area contributed by atoms with Gasteiger partial charge in [0, 0.05) is 20.6 Å². The number of methoxy groups -OCH3 is 1. The summed E-state index contributed by atoms with van der Waals surface area (Å²) < 4.78 is 5.12. The van der Waals surface area contributed by atoms with Crippen molar-refractivity contribution in [1.29, 1.82) is 0 Å². The molecule has 6 nitrogen and oxygen atoms in total. The van der Waals surface area contributed by atoms with E-state index in [0.717, 1.165) is 16.9 Å². The van der Waals surface area contributed by atoms with Crippen LogP contribution in [0, 0.1) is 0 Å². The van der Waals surface area contributed by atoms with E-state index in [0.29, 0.717) is 19.0 Å². The highest BCUT2D eigenvalue weighted by Crippen LogP contribution is 2.10. The predicted octanol–water partition coefficient (Wildman–Crippen LogP) is 2.02. The van der Waals surface area contributed by atoms with E-state index in [1.54, 1.807) is 7.11 Å². The number of ether oxygens (including phenoxy) is 1. The first-order valence-electron chi connectivity index (χ1n) is 8.47. The van der Waals surface area contributed by atoms with E-state index in [9.17, 15) is 4.79 Å². The first-order chi connectivity index (χ1) is 12.6. The molecule has 0 unspecified atom stereocenters. The van der Waals surface area contributed by atoms with Crippen LogP contribution in [0.1, 0.15) is 11.1 Å². The molecule has 26 heavy (non-hydrogen) atoms. The Morgan fingerprint density at radius 2 is 1.69 bits per heavy atom. The maximum Gasteiger partial charge on any atom is 0.239 e. The van der Waals surface area contributed by atoms with Crippen LogP contribution < -0.4 is 15.4 Å². The number of hydrogen-bond donors (Lipinski definition) is 2. The van der Waals surface area contributed by atoms with Crippen molar-refractivity contribution in [2.75, 3.05) is 27.7 Å². The fraction of sp³-hybridized carbons (Fsp3) is 0.300. The second-order valence-corrected chi connectivity index (χ2v) is 6.00. The van der Waals surface area contributed by atoms with E-state index in [2.05, 4.69) is 15.6 Å². The smallest absolute Gasteiger partial charge is 0.239 e. The Hall–Kier alpha value is -3.02. The molecule has 0 atom stereocenters. The van der Waals surface area contributed by atoms with Gasteiger partial charge in [-0.25, -0.2) is 4.99 Å². The van der Waals surface area contributed by atoms with Gasteiger partial charge in [-0.2, -0.15) is 0 Å². The summed E-state index contributed by atoms with van der Waals surface area (Å²) in [7, 11) is 5.42. The molecule has 0 fully saturated rings. The normalized spacial score (nSPS) is 11.0. The topological polar surface area (TPSA) is 66.0 Å². The average molecular weight is 354 g/mol. The Balaban J connectivity index is 1.80. The van der Waals surface area contributed by atoms with Crippen molar-refractivity contribution < 1.29 is 9.53 Å². The molecule has 0 heterocycles. The number of rotatable bonds is 7. The molecular weight excluding hydrogens is 328 g/mol. The van der Waals surface area contributed by atoms with E-state index in [1.807, 2.05) is 73.6 Å². The van der Waals surface area contributed by atoms with E-state index < -0.39 is 0 Å². The summed E-state index contributed by atoms with van der Waals surface area (Å²) in [6, 6.07) is 17.6. The maximum atomic E-state index is 12.1. The molecule has 2 aromatic rings. The first kappa shape index (κ1) is 19.3. The number of nitrogens with zero attached hydrogens (tertiary/aromatic N) is 2. The Morgan fingerprint density at radius 1 is 1.00 bits per heavy atom. The number of hydrogen-bond acceptors (Lipinski definition) is 3. The average Bonchev–Trinajstić information content (AvgIpc) is 2.67. The first-order valence-corrected chi connectivity index (χ1v) is 8.47. The van der Waals surface area contributed by atoms with Crippen molar-refractivity contribution in [2.45, 2.75) is 13.1 Å². The lowest BCUT2D eigenvalue weighted by Crippen LogP contribution is -2.42. The van der Waals surface area contributed by atoms with Crippen molar-refractivity contribution in [3.8, 4) is 5.75 Å². The number of amides is 1. The van der Waals surface area contributed by atoms with Crippen molar-refractivity contribution >= 4 is 11.9 Å².